The Morgan fingerprint density at radius 3 is 2.15 bits per heavy atom. The second-order valence-electron chi connectivity index (χ2n) is 4.13. The van der Waals surface area contributed by atoms with Crippen molar-refractivity contribution in [2.45, 2.75) is 13.1 Å². The molecule has 0 aliphatic carbocycles. The molecule has 0 N–H and O–H groups in total. The van der Waals surface area contributed by atoms with Crippen molar-refractivity contribution in [1.82, 2.24) is 4.98 Å². The Kier molecular flexibility index (Phi) is 4.19. The van der Waals surface area contributed by atoms with Gasteiger partial charge in [-0.05, 0) is 30.7 Å². The molecular weight excluding hydrogens is 334 g/mol. The molecular formula is C13H7Cl3F3N. The normalized spacial score (nSPS) is 11.8. The third-order valence-corrected chi connectivity index (χ3v) is 3.68. The fourth-order valence-electron chi connectivity index (χ4n) is 1.63. The molecule has 0 bridgehead atoms. The predicted molar refractivity (Wildman–Crippen MR) is 74.4 cm³/mol. The highest BCUT2D eigenvalue weighted by atomic mass is 35.5. The second kappa shape index (κ2) is 5.43. The van der Waals surface area contributed by atoms with Crippen LogP contribution in [0.2, 0.25) is 15.1 Å². The highest BCUT2D eigenvalue weighted by Gasteiger charge is 2.31. The van der Waals surface area contributed by atoms with Gasteiger partial charge in [-0.3, -0.25) is 4.98 Å². The summed E-state index contributed by atoms with van der Waals surface area (Å²) < 4.78 is 37.7. The summed E-state index contributed by atoms with van der Waals surface area (Å²) in [7, 11) is 0. The number of alkyl halides is 3. The SMILES string of the molecule is Cc1cc(-c2ncc(C(F)(F)F)cc2Cl)c(Cl)cc1Cl. The summed E-state index contributed by atoms with van der Waals surface area (Å²) in [5.41, 5.74) is 0.439. The van der Waals surface area contributed by atoms with Crippen LogP contribution in [0.3, 0.4) is 0 Å². The summed E-state index contributed by atoms with van der Waals surface area (Å²) >= 11 is 17.8. The third kappa shape index (κ3) is 3.03. The summed E-state index contributed by atoms with van der Waals surface area (Å²) in [5.74, 6) is 0. The minimum absolute atomic E-state index is 0.122. The third-order valence-electron chi connectivity index (χ3n) is 2.67. The van der Waals surface area contributed by atoms with E-state index in [0.717, 1.165) is 17.8 Å². The maximum atomic E-state index is 12.6. The molecule has 2 aromatic rings. The summed E-state index contributed by atoms with van der Waals surface area (Å²) in [6.45, 7) is 1.75. The van der Waals surface area contributed by atoms with Crippen LogP contribution in [0.5, 0.6) is 0 Å². The Balaban J connectivity index is 2.57. The van der Waals surface area contributed by atoms with Crippen LogP contribution in [0.15, 0.2) is 24.4 Å². The van der Waals surface area contributed by atoms with Gasteiger partial charge in [-0.1, -0.05) is 34.8 Å². The predicted octanol–water partition coefficient (Wildman–Crippen LogP) is 6.04. The first-order chi connectivity index (χ1) is 9.20. The molecule has 1 aromatic carbocycles. The van der Waals surface area contributed by atoms with Gasteiger partial charge >= 0.3 is 6.18 Å². The van der Waals surface area contributed by atoms with Crippen LogP contribution in [-0.4, -0.2) is 4.98 Å². The van der Waals surface area contributed by atoms with Gasteiger partial charge in [-0.2, -0.15) is 13.2 Å². The first-order valence-electron chi connectivity index (χ1n) is 5.39. The van der Waals surface area contributed by atoms with Crippen LogP contribution in [0.25, 0.3) is 11.3 Å². The van der Waals surface area contributed by atoms with Crippen LogP contribution >= 0.6 is 34.8 Å². The zero-order valence-corrected chi connectivity index (χ0v) is 12.3. The number of hydrogen-bond donors (Lipinski definition) is 0. The maximum Gasteiger partial charge on any atom is 0.417 e. The van der Waals surface area contributed by atoms with Crippen molar-refractivity contribution in [2.24, 2.45) is 0 Å². The molecule has 0 saturated carbocycles. The number of halogens is 6. The molecule has 0 unspecified atom stereocenters. The second-order valence-corrected chi connectivity index (χ2v) is 5.36. The summed E-state index contributed by atoms with van der Waals surface area (Å²) in [6.07, 6.45) is -3.77. The van der Waals surface area contributed by atoms with Crippen LogP contribution in [0, 0.1) is 6.92 Å². The van der Waals surface area contributed by atoms with Gasteiger partial charge in [0, 0.05) is 16.8 Å². The van der Waals surface area contributed by atoms with Crippen molar-refractivity contribution in [1.29, 1.82) is 0 Å². The standard InChI is InChI=1S/C13H7Cl3F3N/c1-6-2-8(10(15)4-9(6)14)12-11(16)3-7(5-20-12)13(17,18)19/h2-5H,1H3. The van der Waals surface area contributed by atoms with Gasteiger partial charge in [0.15, 0.2) is 0 Å². The van der Waals surface area contributed by atoms with E-state index in [9.17, 15) is 13.2 Å². The van der Waals surface area contributed by atoms with E-state index >= 15 is 0 Å². The lowest BCUT2D eigenvalue weighted by molar-refractivity contribution is -0.137. The van der Waals surface area contributed by atoms with Gasteiger partial charge in [0.25, 0.3) is 0 Å². The van der Waals surface area contributed by atoms with Crippen molar-refractivity contribution >= 4 is 34.8 Å². The molecule has 1 nitrogen and oxygen atoms in total. The van der Waals surface area contributed by atoms with Gasteiger partial charge in [-0.25, -0.2) is 0 Å². The lowest BCUT2D eigenvalue weighted by Gasteiger charge is -2.11. The lowest BCUT2D eigenvalue weighted by atomic mass is 10.1. The van der Waals surface area contributed by atoms with E-state index in [1.807, 2.05) is 0 Å². The summed E-state index contributed by atoms with van der Waals surface area (Å²) in [6, 6.07) is 3.96. The van der Waals surface area contributed by atoms with Gasteiger partial charge in [0.2, 0.25) is 0 Å². The quantitative estimate of drug-likeness (QED) is 0.617. The minimum Gasteiger partial charge on any atom is -0.254 e. The van der Waals surface area contributed by atoms with Gasteiger partial charge in [0.05, 0.1) is 21.3 Å². The smallest absolute Gasteiger partial charge is 0.254 e. The molecule has 0 atom stereocenters. The Bertz CT molecular complexity index is 669. The van der Waals surface area contributed by atoms with Gasteiger partial charge in [0.1, 0.15) is 0 Å². The molecule has 0 radical (unpaired) electrons. The Morgan fingerprint density at radius 2 is 1.60 bits per heavy atom. The van der Waals surface area contributed by atoms with E-state index in [4.69, 9.17) is 34.8 Å². The molecule has 1 aromatic heterocycles. The number of rotatable bonds is 1. The first-order valence-corrected chi connectivity index (χ1v) is 6.52. The van der Waals surface area contributed by atoms with Crippen molar-refractivity contribution in [2.75, 3.05) is 0 Å². The van der Waals surface area contributed by atoms with Crippen molar-refractivity contribution in [3.63, 3.8) is 0 Å². The molecule has 0 aliphatic rings. The number of pyridine rings is 1. The number of benzene rings is 1. The molecule has 0 spiro atoms. The molecule has 0 fully saturated rings. The zero-order valence-electron chi connectivity index (χ0n) is 10.0. The van der Waals surface area contributed by atoms with E-state index in [2.05, 4.69) is 4.98 Å². The van der Waals surface area contributed by atoms with Crippen LogP contribution in [0.1, 0.15) is 11.1 Å². The lowest BCUT2D eigenvalue weighted by Crippen LogP contribution is -2.05. The van der Waals surface area contributed by atoms with Crippen LogP contribution in [0.4, 0.5) is 13.2 Å². The van der Waals surface area contributed by atoms with E-state index < -0.39 is 11.7 Å². The van der Waals surface area contributed by atoms with Gasteiger partial charge in [-0.15, -0.1) is 0 Å². The largest absolute Gasteiger partial charge is 0.417 e. The molecule has 2 rings (SSSR count). The fourth-order valence-corrected chi connectivity index (χ4v) is 2.37. The first kappa shape index (κ1) is 15.4. The van der Waals surface area contributed by atoms with E-state index in [1.54, 1.807) is 13.0 Å². The Hall–Kier alpha value is -0.970. The van der Waals surface area contributed by atoms with Crippen LogP contribution in [-0.2, 0) is 6.18 Å². The van der Waals surface area contributed by atoms with E-state index in [1.165, 1.54) is 6.07 Å². The topological polar surface area (TPSA) is 12.9 Å². The monoisotopic (exact) mass is 339 g/mol. The number of aromatic nitrogens is 1. The van der Waals surface area contributed by atoms with Crippen molar-refractivity contribution in [3.05, 3.63) is 50.6 Å². The molecule has 0 saturated heterocycles. The molecule has 1 heterocycles. The highest BCUT2D eigenvalue weighted by Crippen LogP contribution is 2.37. The van der Waals surface area contributed by atoms with Gasteiger partial charge < -0.3 is 0 Å². The molecule has 20 heavy (non-hydrogen) atoms. The van der Waals surface area contributed by atoms with Crippen molar-refractivity contribution < 1.29 is 13.2 Å². The number of aryl methyl sites for hydroxylation is 1. The van der Waals surface area contributed by atoms with E-state index in [-0.39, 0.29) is 15.7 Å². The molecule has 106 valence electrons. The Labute approximate surface area is 128 Å². The summed E-state index contributed by atoms with van der Waals surface area (Å²) in [4.78, 5) is 3.77. The number of nitrogens with zero attached hydrogens (tertiary/aromatic N) is 1. The molecule has 0 aliphatic heterocycles. The number of hydrogen-bond acceptors (Lipinski definition) is 1. The Morgan fingerprint density at radius 1 is 0.950 bits per heavy atom. The van der Waals surface area contributed by atoms with E-state index in [0.29, 0.717) is 10.6 Å². The molecule has 0 amide bonds. The highest BCUT2D eigenvalue weighted by molar-refractivity contribution is 6.38. The van der Waals surface area contributed by atoms with Crippen LogP contribution < -0.4 is 0 Å². The summed E-state index contributed by atoms with van der Waals surface area (Å²) in [5, 5.41) is 0.611. The average molecular weight is 341 g/mol. The van der Waals surface area contributed by atoms with Crippen molar-refractivity contribution in [3.8, 4) is 11.3 Å². The fraction of sp³-hybridized carbons (Fsp3) is 0.154. The zero-order chi connectivity index (χ0) is 15.1. The average Bonchev–Trinajstić information content (AvgIpc) is 2.33. The maximum absolute atomic E-state index is 12.6. The molecule has 7 heteroatoms. The minimum atomic E-state index is -4.49.